The number of halogens is 1. The van der Waals surface area contributed by atoms with Crippen molar-refractivity contribution in [3.05, 3.63) is 106 Å². The molecule has 4 N–H and O–H groups in total. The number of anilines is 1. The number of nitrogens with one attached hydrogen (secondary N) is 1. The van der Waals surface area contributed by atoms with E-state index in [4.69, 9.17) is 15.2 Å². The summed E-state index contributed by atoms with van der Waals surface area (Å²) in [5.74, 6) is 0.869. The lowest BCUT2D eigenvalue weighted by Crippen LogP contribution is -2.31. The summed E-state index contributed by atoms with van der Waals surface area (Å²) in [6.45, 7) is 0.481. The number of aromatic hydroxyl groups is 1. The molecule has 1 heterocycles. The molecule has 1 aliphatic carbocycles. The van der Waals surface area contributed by atoms with Crippen LogP contribution in [-0.2, 0) is 13.0 Å². The van der Waals surface area contributed by atoms with Crippen molar-refractivity contribution in [1.82, 2.24) is 0 Å². The van der Waals surface area contributed by atoms with Crippen LogP contribution in [-0.4, -0.2) is 19.3 Å². The van der Waals surface area contributed by atoms with Gasteiger partial charge in [0.15, 0.2) is 11.5 Å². The molecule has 0 aromatic heterocycles. The first kappa shape index (κ1) is 23.4. The molecule has 4 aromatic carbocycles. The van der Waals surface area contributed by atoms with Gasteiger partial charge in [0, 0.05) is 23.7 Å². The van der Waals surface area contributed by atoms with Gasteiger partial charge < -0.3 is 25.6 Å². The van der Waals surface area contributed by atoms with Gasteiger partial charge in [-0.1, -0.05) is 36.4 Å². The van der Waals surface area contributed by atoms with Crippen LogP contribution in [0.15, 0.2) is 72.8 Å². The number of hydrogen-bond donors (Lipinski definition) is 3. The number of phenols is 1. The third kappa shape index (κ3) is 3.80. The quantitative estimate of drug-likeness (QED) is 0.309. The average Bonchev–Trinajstić information content (AvgIpc) is 3.32. The van der Waals surface area contributed by atoms with Crippen molar-refractivity contribution in [1.29, 1.82) is 0 Å². The van der Waals surface area contributed by atoms with Crippen LogP contribution in [0.2, 0.25) is 0 Å². The summed E-state index contributed by atoms with van der Waals surface area (Å²) in [6.07, 6.45) is 0.883. The van der Waals surface area contributed by atoms with E-state index in [1.165, 1.54) is 35.9 Å². The average molecular weight is 497 g/mol. The minimum absolute atomic E-state index is 0.0115. The molecule has 1 aliphatic heterocycles. The number of fused-ring (bicyclic) bond motifs is 5. The van der Waals surface area contributed by atoms with E-state index in [9.17, 15) is 9.50 Å². The maximum Gasteiger partial charge on any atom is 0.160 e. The van der Waals surface area contributed by atoms with Crippen molar-refractivity contribution < 1.29 is 19.0 Å². The Kier molecular flexibility index (Phi) is 5.76. The summed E-state index contributed by atoms with van der Waals surface area (Å²) >= 11 is 0. The van der Waals surface area contributed by atoms with Crippen LogP contribution in [0.3, 0.4) is 0 Å². The van der Waals surface area contributed by atoms with Crippen LogP contribution in [0.1, 0.15) is 39.8 Å². The van der Waals surface area contributed by atoms with E-state index in [1.54, 1.807) is 19.2 Å². The molecule has 4 aromatic rings. The van der Waals surface area contributed by atoms with Gasteiger partial charge in [-0.3, -0.25) is 0 Å². The number of phenolic OH excluding ortho intramolecular Hbond substituents is 1. The number of hydrogen-bond acceptors (Lipinski definition) is 5. The first-order valence-corrected chi connectivity index (χ1v) is 12.4. The fraction of sp³-hybridized carbons (Fsp3) is 0.226. The van der Waals surface area contributed by atoms with E-state index in [2.05, 4.69) is 47.8 Å². The van der Waals surface area contributed by atoms with Crippen molar-refractivity contribution >= 4 is 5.69 Å². The van der Waals surface area contributed by atoms with Gasteiger partial charge in [-0.05, 0) is 82.1 Å². The van der Waals surface area contributed by atoms with Gasteiger partial charge in [0.05, 0.1) is 20.3 Å². The largest absolute Gasteiger partial charge is 0.504 e. The highest BCUT2D eigenvalue weighted by atomic mass is 19.1. The fourth-order valence-electron chi connectivity index (χ4n) is 6.17. The highest BCUT2D eigenvalue weighted by Gasteiger charge is 2.44. The summed E-state index contributed by atoms with van der Waals surface area (Å²) in [5, 5.41) is 14.6. The Morgan fingerprint density at radius 1 is 0.892 bits per heavy atom. The van der Waals surface area contributed by atoms with Gasteiger partial charge in [0.25, 0.3) is 0 Å². The molecule has 37 heavy (non-hydrogen) atoms. The van der Waals surface area contributed by atoms with Crippen LogP contribution in [0.25, 0.3) is 11.1 Å². The Hall–Kier alpha value is -4.03. The van der Waals surface area contributed by atoms with Crippen LogP contribution in [0.5, 0.6) is 17.2 Å². The Bertz CT molecular complexity index is 1500. The zero-order chi connectivity index (χ0) is 25.7. The minimum atomic E-state index is -0.375. The molecule has 5 nitrogen and oxygen atoms in total. The topological polar surface area (TPSA) is 76.7 Å². The Labute approximate surface area is 215 Å². The molecule has 3 unspecified atom stereocenters. The zero-order valence-electron chi connectivity index (χ0n) is 20.8. The zero-order valence-corrected chi connectivity index (χ0v) is 20.8. The van der Waals surface area contributed by atoms with Gasteiger partial charge in [-0.15, -0.1) is 0 Å². The Balaban J connectivity index is 1.59. The van der Waals surface area contributed by atoms with Crippen molar-refractivity contribution in [2.45, 2.75) is 24.9 Å². The van der Waals surface area contributed by atoms with Crippen LogP contribution >= 0.6 is 0 Å². The lowest BCUT2D eigenvalue weighted by molar-refractivity contribution is 0.370. The second kappa shape index (κ2) is 9.12. The normalized spacial score (nSPS) is 19.4. The first-order chi connectivity index (χ1) is 18.0. The van der Waals surface area contributed by atoms with Crippen molar-refractivity contribution in [3.63, 3.8) is 0 Å². The predicted molar refractivity (Wildman–Crippen MR) is 143 cm³/mol. The summed E-state index contributed by atoms with van der Waals surface area (Å²) in [6, 6.07) is 22.8. The highest BCUT2D eigenvalue weighted by Crippen LogP contribution is 2.56. The smallest absolute Gasteiger partial charge is 0.160 e. The Morgan fingerprint density at radius 2 is 1.70 bits per heavy atom. The fourth-order valence-corrected chi connectivity index (χ4v) is 6.17. The molecular formula is C31H29FN2O3. The van der Waals surface area contributed by atoms with Crippen LogP contribution in [0, 0.1) is 11.7 Å². The predicted octanol–water partition coefficient (Wildman–Crippen LogP) is 6.15. The summed E-state index contributed by atoms with van der Waals surface area (Å²) in [5.41, 5.74) is 14.2. The van der Waals surface area contributed by atoms with Gasteiger partial charge in [-0.25, -0.2) is 4.39 Å². The van der Waals surface area contributed by atoms with E-state index < -0.39 is 0 Å². The SMILES string of the molecule is COc1cc(C2Nc3ccc(CN)cc3C3c4ccccc4CC23)c(-c2cc(F)ccc2OC)cc1O. The Morgan fingerprint density at radius 3 is 2.49 bits per heavy atom. The molecule has 0 amide bonds. The second-order valence-electron chi connectivity index (χ2n) is 9.75. The van der Waals surface area contributed by atoms with Gasteiger partial charge in [0.2, 0.25) is 0 Å². The third-order valence-corrected chi connectivity index (χ3v) is 7.84. The van der Waals surface area contributed by atoms with Crippen molar-refractivity contribution in [2.75, 3.05) is 19.5 Å². The molecule has 2 aliphatic rings. The molecule has 0 saturated heterocycles. The second-order valence-corrected chi connectivity index (χ2v) is 9.75. The maximum atomic E-state index is 14.5. The summed E-state index contributed by atoms with van der Waals surface area (Å²) in [4.78, 5) is 0. The maximum absolute atomic E-state index is 14.5. The molecule has 188 valence electrons. The molecule has 0 spiro atoms. The van der Waals surface area contributed by atoms with Gasteiger partial charge >= 0.3 is 0 Å². The summed E-state index contributed by atoms with van der Waals surface area (Å²) in [7, 11) is 3.10. The van der Waals surface area contributed by atoms with Crippen molar-refractivity contribution in [3.8, 4) is 28.4 Å². The van der Waals surface area contributed by atoms with Crippen LogP contribution in [0.4, 0.5) is 10.1 Å². The van der Waals surface area contributed by atoms with E-state index in [1.807, 2.05) is 6.07 Å². The number of benzene rings is 4. The standard InChI is InChI=1S/C31H29FN2O3/c1-36-28-10-8-19(32)13-22(28)21-14-27(35)29(37-2)15-23(21)31-25-12-18-5-3-4-6-20(18)30(25)24-11-17(16-33)7-9-26(24)34-31/h3-11,13-15,25,30-31,34-35H,12,16,33H2,1-2H3. The number of rotatable bonds is 5. The van der Waals surface area contributed by atoms with Crippen LogP contribution < -0.4 is 20.5 Å². The molecule has 6 rings (SSSR count). The first-order valence-electron chi connectivity index (χ1n) is 12.4. The molecule has 0 fully saturated rings. The molecule has 0 radical (unpaired) electrons. The highest BCUT2D eigenvalue weighted by molar-refractivity contribution is 5.78. The molecule has 3 atom stereocenters. The van der Waals surface area contributed by atoms with E-state index in [0.29, 0.717) is 29.2 Å². The third-order valence-electron chi connectivity index (χ3n) is 7.84. The minimum Gasteiger partial charge on any atom is -0.504 e. The molecular weight excluding hydrogens is 467 g/mol. The van der Waals surface area contributed by atoms with E-state index in [-0.39, 0.29) is 29.4 Å². The van der Waals surface area contributed by atoms with E-state index in [0.717, 1.165) is 23.2 Å². The lowest BCUT2D eigenvalue weighted by Gasteiger charge is -2.39. The lowest BCUT2D eigenvalue weighted by atomic mass is 9.74. The van der Waals surface area contributed by atoms with E-state index >= 15 is 0 Å². The molecule has 0 bridgehead atoms. The monoisotopic (exact) mass is 496 g/mol. The van der Waals surface area contributed by atoms with Gasteiger partial charge in [0.1, 0.15) is 11.6 Å². The molecule has 6 heteroatoms. The number of nitrogens with two attached hydrogens (primary N) is 1. The molecule has 0 saturated carbocycles. The number of ether oxygens (including phenoxy) is 2. The van der Waals surface area contributed by atoms with Crippen molar-refractivity contribution in [2.24, 2.45) is 11.7 Å². The summed E-state index contributed by atoms with van der Waals surface area (Å²) < 4.78 is 25.6. The van der Waals surface area contributed by atoms with Gasteiger partial charge in [-0.2, -0.15) is 0 Å². The number of methoxy groups -OCH3 is 2.